The molecule has 0 bridgehead atoms. The number of allylic oxidation sites excluding steroid dienone is 2. The van der Waals surface area contributed by atoms with Crippen LogP contribution >= 0.6 is 0 Å². The maximum absolute atomic E-state index is 5.63. The van der Waals surface area contributed by atoms with Crippen LogP contribution in [0.4, 0.5) is 0 Å². The fraction of sp³-hybridized carbons (Fsp3) is 0.467. The van der Waals surface area contributed by atoms with Gasteiger partial charge in [-0.2, -0.15) is 0 Å². The highest BCUT2D eigenvalue weighted by molar-refractivity contribution is 5.30. The molecule has 1 heterocycles. The molecule has 2 nitrogen and oxygen atoms in total. The van der Waals surface area contributed by atoms with Gasteiger partial charge in [-0.1, -0.05) is 24.3 Å². The van der Waals surface area contributed by atoms with Gasteiger partial charge in [0.1, 0.15) is 18.5 Å². The van der Waals surface area contributed by atoms with Crippen molar-refractivity contribution in [3.8, 4) is 5.75 Å². The fourth-order valence-corrected chi connectivity index (χ4v) is 2.29. The lowest BCUT2D eigenvalue weighted by atomic mass is 9.88. The van der Waals surface area contributed by atoms with Gasteiger partial charge in [-0.25, -0.2) is 0 Å². The Morgan fingerprint density at radius 3 is 2.65 bits per heavy atom. The quantitative estimate of drug-likeness (QED) is 0.585. The van der Waals surface area contributed by atoms with Gasteiger partial charge >= 0.3 is 0 Å². The van der Waals surface area contributed by atoms with E-state index >= 15 is 0 Å². The summed E-state index contributed by atoms with van der Waals surface area (Å²) < 4.78 is 10.7. The SMILES string of the molecule is C1=CCC(c2ccc(OCC3CO3)cc2)CC1. The van der Waals surface area contributed by atoms with E-state index in [0.717, 1.165) is 12.4 Å². The molecule has 17 heavy (non-hydrogen) atoms. The Morgan fingerprint density at radius 2 is 2.00 bits per heavy atom. The molecule has 2 atom stereocenters. The average Bonchev–Trinajstić information content (AvgIpc) is 3.22. The van der Waals surface area contributed by atoms with Gasteiger partial charge in [-0.15, -0.1) is 0 Å². The predicted octanol–water partition coefficient (Wildman–Crippen LogP) is 3.29. The van der Waals surface area contributed by atoms with E-state index in [0.29, 0.717) is 18.6 Å². The zero-order valence-corrected chi connectivity index (χ0v) is 9.97. The van der Waals surface area contributed by atoms with Crippen LogP contribution in [0.5, 0.6) is 5.75 Å². The monoisotopic (exact) mass is 230 g/mol. The first-order chi connectivity index (χ1) is 8.42. The van der Waals surface area contributed by atoms with Crippen molar-refractivity contribution in [2.45, 2.75) is 31.3 Å². The number of rotatable bonds is 4. The van der Waals surface area contributed by atoms with Gasteiger partial charge in [-0.05, 0) is 42.9 Å². The third-order valence-corrected chi connectivity index (χ3v) is 3.46. The normalized spacial score (nSPS) is 26.8. The molecule has 0 radical (unpaired) electrons. The summed E-state index contributed by atoms with van der Waals surface area (Å²) in [4.78, 5) is 0. The summed E-state index contributed by atoms with van der Waals surface area (Å²) in [6.45, 7) is 1.54. The number of epoxide rings is 1. The predicted molar refractivity (Wildman–Crippen MR) is 67.4 cm³/mol. The Hall–Kier alpha value is -1.28. The minimum absolute atomic E-state index is 0.332. The molecule has 0 spiro atoms. The van der Waals surface area contributed by atoms with E-state index < -0.39 is 0 Å². The zero-order chi connectivity index (χ0) is 11.5. The molecule has 2 unspecified atom stereocenters. The molecular weight excluding hydrogens is 212 g/mol. The van der Waals surface area contributed by atoms with E-state index in [-0.39, 0.29) is 0 Å². The number of ether oxygens (including phenoxy) is 2. The summed E-state index contributed by atoms with van der Waals surface area (Å²) in [5, 5.41) is 0. The molecule has 1 aromatic carbocycles. The van der Waals surface area contributed by atoms with Crippen molar-refractivity contribution in [2.75, 3.05) is 13.2 Å². The highest BCUT2D eigenvalue weighted by Crippen LogP contribution is 2.30. The second-order valence-corrected chi connectivity index (χ2v) is 4.82. The third-order valence-electron chi connectivity index (χ3n) is 3.46. The maximum Gasteiger partial charge on any atom is 0.119 e. The van der Waals surface area contributed by atoms with Crippen molar-refractivity contribution in [2.24, 2.45) is 0 Å². The molecule has 0 saturated carbocycles. The van der Waals surface area contributed by atoms with Gasteiger partial charge in [0.05, 0.1) is 6.61 Å². The molecule has 0 N–H and O–H groups in total. The number of benzene rings is 1. The minimum Gasteiger partial charge on any atom is -0.491 e. The first-order valence-corrected chi connectivity index (χ1v) is 6.41. The maximum atomic E-state index is 5.63. The first-order valence-electron chi connectivity index (χ1n) is 6.41. The molecule has 2 heteroatoms. The number of hydrogen-bond acceptors (Lipinski definition) is 2. The molecular formula is C15H18O2. The standard InChI is InChI=1S/C15H18O2/c1-2-4-12(5-3-1)13-6-8-14(9-7-13)16-10-15-11-17-15/h1-2,6-9,12,15H,3-5,10-11H2. The van der Waals surface area contributed by atoms with Crippen LogP contribution in [0.3, 0.4) is 0 Å². The van der Waals surface area contributed by atoms with Gasteiger partial charge in [-0.3, -0.25) is 0 Å². The average molecular weight is 230 g/mol. The highest BCUT2D eigenvalue weighted by Gasteiger charge is 2.23. The Labute approximate surface area is 102 Å². The second-order valence-electron chi connectivity index (χ2n) is 4.82. The lowest BCUT2D eigenvalue weighted by molar-refractivity contribution is 0.263. The fourth-order valence-electron chi connectivity index (χ4n) is 2.29. The summed E-state index contributed by atoms with van der Waals surface area (Å²) in [5.74, 6) is 1.65. The Bertz CT molecular complexity index is 390. The smallest absolute Gasteiger partial charge is 0.119 e. The molecule has 90 valence electrons. The molecule has 1 saturated heterocycles. The van der Waals surface area contributed by atoms with E-state index in [2.05, 4.69) is 36.4 Å². The highest BCUT2D eigenvalue weighted by atomic mass is 16.6. The first kappa shape index (κ1) is 10.8. The van der Waals surface area contributed by atoms with E-state index in [9.17, 15) is 0 Å². The lowest BCUT2D eigenvalue weighted by Crippen LogP contribution is -2.04. The van der Waals surface area contributed by atoms with Gasteiger partial charge in [0.15, 0.2) is 0 Å². The number of hydrogen-bond donors (Lipinski definition) is 0. The van der Waals surface area contributed by atoms with Crippen LogP contribution < -0.4 is 4.74 Å². The third kappa shape index (κ3) is 2.89. The lowest BCUT2D eigenvalue weighted by Gasteiger charge is -2.18. The van der Waals surface area contributed by atoms with Crippen molar-refractivity contribution in [1.82, 2.24) is 0 Å². The minimum atomic E-state index is 0.332. The summed E-state index contributed by atoms with van der Waals surface area (Å²) in [6.07, 6.45) is 8.57. The van der Waals surface area contributed by atoms with Crippen LogP contribution in [0.1, 0.15) is 30.7 Å². The van der Waals surface area contributed by atoms with Crippen molar-refractivity contribution >= 4 is 0 Å². The van der Waals surface area contributed by atoms with Crippen molar-refractivity contribution in [1.29, 1.82) is 0 Å². The van der Waals surface area contributed by atoms with Crippen LogP contribution in [0, 0.1) is 0 Å². The van der Waals surface area contributed by atoms with Crippen molar-refractivity contribution < 1.29 is 9.47 Å². The topological polar surface area (TPSA) is 21.8 Å². The van der Waals surface area contributed by atoms with Crippen LogP contribution in [-0.4, -0.2) is 19.3 Å². The van der Waals surface area contributed by atoms with Crippen LogP contribution in [-0.2, 0) is 4.74 Å². The van der Waals surface area contributed by atoms with Crippen molar-refractivity contribution in [3.05, 3.63) is 42.0 Å². The summed E-state index contributed by atoms with van der Waals surface area (Å²) in [6, 6.07) is 8.56. The van der Waals surface area contributed by atoms with Gasteiger partial charge in [0, 0.05) is 0 Å². The molecule has 1 aliphatic heterocycles. The molecule has 1 aliphatic carbocycles. The van der Waals surface area contributed by atoms with Crippen LogP contribution in [0.15, 0.2) is 36.4 Å². The van der Waals surface area contributed by atoms with Crippen molar-refractivity contribution in [3.63, 3.8) is 0 Å². The van der Waals surface area contributed by atoms with E-state index in [1.165, 1.54) is 24.8 Å². The van der Waals surface area contributed by atoms with E-state index in [1.54, 1.807) is 0 Å². The largest absolute Gasteiger partial charge is 0.491 e. The van der Waals surface area contributed by atoms with Crippen LogP contribution in [0.25, 0.3) is 0 Å². The second kappa shape index (κ2) is 4.92. The Balaban J connectivity index is 1.60. The van der Waals surface area contributed by atoms with Crippen LogP contribution in [0.2, 0.25) is 0 Å². The summed E-state index contributed by atoms with van der Waals surface area (Å²) in [7, 11) is 0. The zero-order valence-electron chi connectivity index (χ0n) is 9.97. The summed E-state index contributed by atoms with van der Waals surface area (Å²) >= 11 is 0. The summed E-state index contributed by atoms with van der Waals surface area (Å²) in [5.41, 5.74) is 1.43. The van der Waals surface area contributed by atoms with Gasteiger partial charge in [0.2, 0.25) is 0 Å². The van der Waals surface area contributed by atoms with E-state index in [4.69, 9.17) is 9.47 Å². The molecule has 1 fully saturated rings. The van der Waals surface area contributed by atoms with Gasteiger partial charge < -0.3 is 9.47 Å². The molecule has 0 aromatic heterocycles. The molecule has 2 aliphatic rings. The molecule has 0 amide bonds. The molecule has 3 rings (SSSR count). The Kier molecular flexibility index (Phi) is 3.14. The van der Waals surface area contributed by atoms with E-state index in [1.807, 2.05) is 0 Å². The van der Waals surface area contributed by atoms with Gasteiger partial charge in [0.25, 0.3) is 0 Å². The molecule has 1 aromatic rings. The Morgan fingerprint density at radius 1 is 1.18 bits per heavy atom.